The lowest BCUT2D eigenvalue weighted by atomic mass is 10.3. The fourth-order valence-electron chi connectivity index (χ4n) is 1.65. The van der Waals surface area contributed by atoms with Gasteiger partial charge < -0.3 is 15.2 Å². The summed E-state index contributed by atoms with van der Waals surface area (Å²) in [7, 11) is 0. The number of nitrogens with two attached hydrogens (primary N) is 1. The maximum absolute atomic E-state index is 5.88. The first kappa shape index (κ1) is 14.8. The van der Waals surface area contributed by atoms with Crippen LogP contribution in [-0.4, -0.2) is 13.2 Å². The van der Waals surface area contributed by atoms with E-state index in [9.17, 15) is 0 Å². The molecule has 0 aliphatic carbocycles. The van der Waals surface area contributed by atoms with Crippen molar-refractivity contribution in [2.75, 3.05) is 18.9 Å². The minimum atomic E-state index is 0.517. The molecule has 0 aliphatic rings. The number of benzene rings is 2. The van der Waals surface area contributed by atoms with Gasteiger partial charge in [0.2, 0.25) is 0 Å². The van der Waals surface area contributed by atoms with E-state index in [0.717, 1.165) is 6.42 Å². The normalized spacial score (nSPS) is 10.3. The van der Waals surface area contributed by atoms with Crippen LogP contribution in [0.4, 0.5) is 5.69 Å². The maximum Gasteiger partial charge on any atom is 0.142 e. The van der Waals surface area contributed by atoms with Crippen molar-refractivity contribution in [3.63, 3.8) is 0 Å². The van der Waals surface area contributed by atoms with Gasteiger partial charge in [-0.2, -0.15) is 0 Å². The summed E-state index contributed by atoms with van der Waals surface area (Å²) in [5, 5.41) is 1.11. The smallest absolute Gasteiger partial charge is 0.142 e. The van der Waals surface area contributed by atoms with Crippen molar-refractivity contribution in [2.45, 2.75) is 6.42 Å². The Balaban J connectivity index is 1.73. The molecule has 0 aliphatic heterocycles. The molecule has 2 N–H and O–H groups in total. The van der Waals surface area contributed by atoms with Gasteiger partial charge in [-0.15, -0.1) is 0 Å². The first-order chi connectivity index (χ1) is 9.65. The van der Waals surface area contributed by atoms with E-state index in [1.807, 2.05) is 18.2 Å². The largest absolute Gasteiger partial charge is 0.493 e. The summed E-state index contributed by atoms with van der Waals surface area (Å²) in [5.41, 5.74) is 6.41. The molecule has 0 aromatic heterocycles. The lowest BCUT2D eigenvalue weighted by Gasteiger charge is -2.10. The number of anilines is 1. The van der Waals surface area contributed by atoms with E-state index in [1.54, 1.807) is 24.3 Å². The highest BCUT2D eigenvalue weighted by molar-refractivity contribution is 6.34. The van der Waals surface area contributed by atoms with Gasteiger partial charge in [0.05, 0.1) is 18.9 Å². The lowest BCUT2D eigenvalue weighted by molar-refractivity contribution is 0.248. The van der Waals surface area contributed by atoms with Gasteiger partial charge in [0.1, 0.15) is 11.5 Å². The molecule has 2 aromatic rings. The zero-order chi connectivity index (χ0) is 14.4. The summed E-state index contributed by atoms with van der Waals surface area (Å²) in [6.07, 6.45) is 0.735. The molecule has 0 fully saturated rings. The van der Waals surface area contributed by atoms with Crippen LogP contribution in [0.3, 0.4) is 0 Å². The number of nitrogen functional groups attached to an aromatic ring is 1. The predicted octanol–water partition coefficient (Wildman–Crippen LogP) is 4.42. The number of rotatable bonds is 6. The van der Waals surface area contributed by atoms with Crippen molar-refractivity contribution >= 4 is 28.9 Å². The molecule has 0 heterocycles. The van der Waals surface area contributed by atoms with E-state index in [0.29, 0.717) is 40.4 Å². The van der Waals surface area contributed by atoms with Crippen molar-refractivity contribution in [1.29, 1.82) is 0 Å². The molecule has 20 heavy (non-hydrogen) atoms. The number of hydrogen-bond acceptors (Lipinski definition) is 3. The number of para-hydroxylation sites is 2. The Morgan fingerprint density at radius 2 is 1.55 bits per heavy atom. The molecule has 0 amide bonds. The minimum absolute atomic E-state index is 0.517. The molecule has 0 spiro atoms. The monoisotopic (exact) mass is 311 g/mol. The Morgan fingerprint density at radius 1 is 0.900 bits per heavy atom. The quantitative estimate of drug-likeness (QED) is 0.634. The Labute approximate surface area is 128 Å². The van der Waals surface area contributed by atoms with Crippen LogP contribution < -0.4 is 15.2 Å². The number of ether oxygens (including phenoxy) is 2. The Morgan fingerprint density at radius 3 is 2.25 bits per heavy atom. The van der Waals surface area contributed by atoms with Gasteiger partial charge in [-0.05, 0) is 30.3 Å². The summed E-state index contributed by atoms with van der Waals surface area (Å²) in [6.45, 7) is 1.05. The van der Waals surface area contributed by atoms with Crippen LogP contribution in [0.15, 0.2) is 42.5 Å². The van der Waals surface area contributed by atoms with Gasteiger partial charge in [-0.1, -0.05) is 35.3 Å². The number of hydrogen-bond donors (Lipinski definition) is 1. The fourth-order valence-corrected chi connectivity index (χ4v) is 2.16. The van der Waals surface area contributed by atoms with Crippen LogP contribution in [-0.2, 0) is 0 Å². The van der Waals surface area contributed by atoms with E-state index in [4.69, 9.17) is 38.4 Å². The molecule has 0 saturated heterocycles. The highest BCUT2D eigenvalue weighted by Gasteiger charge is 2.01. The zero-order valence-electron chi connectivity index (χ0n) is 10.8. The Hall–Kier alpha value is -1.58. The zero-order valence-corrected chi connectivity index (χ0v) is 12.3. The van der Waals surface area contributed by atoms with Crippen LogP contribution in [0.5, 0.6) is 11.5 Å². The second-order valence-corrected chi connectivity index (χ2v) is 5.07. The van der Waals surface area contributed by atoms with Crippen molar-refractivity contribution in [3.8, 4) is 11.5 Å². The summed E-state index contributed by atoms with van der Waals surface area (Å²) >= 11 is 11.8. The molecule has 0 atom stereocenters. The van der Waals surface area contributed by atoms with Gasteiger partial charge in [0.25, 0.3) is 0 Å². The van der Waals surface area contributed by atoms with Crippen LogP contribution in [0, 0.1) is 0 Å². The number of halogens is 2. The molecule has 2 aromatic carbocycles. The molecule has 2 rings (SSSR count). The molecule has 3 nitrogen and oxygen atoms in total. The third kappa shape index (κ3) is 4.51. The molecule has 0 saturated carbocycles. The molecule has 0 bridgehead atoms. The van der Waals surface area contributed by atoms with E-state index in [2.05, 4.69) is 0 Å². The molecular weight excluding hydrogens is 297 g/mol. The van der Waals surface area contributed by atoms with Gasteiger partial charge in [-0.25, -0.2) is 0 Å². The molecule has 0 radical (unpaired) electrons. The predicted molar refractivity (Wildman–Crippen MR) is 82.9 cm³/mol. The molecule has 106 valence electrons. The summed E-state index contributed by atoms with van der Waals surface area (Å²) in [6, 6.07) is 12.5. The maximum atomic E-state index is 5.88. The highest BCUT2D eigenvalue weighted by Crippen LogP contribution is 2.24. The summed E-state index contributed by atoms with van der Waals surface area (Å²) in [5.74, 6) is 1.35. The SMILES string of the molecule is Nc1ccccc1OCCCOc1cc(Cl)cc(Cl)c1. The second kappa shape index (κ2) is 7.27. The topological polar surface area (TPSA) is 44.5 Å². The van der Waals surface area contributed by atoms with Gasteiger partial charge in [-0.3, -0.25) is 0 Å². The third-order valence-electron chi connectivity index (χ3n) is 2.57. The lowest BCUT2D eigenvalue weighted by Crippen LogP contribution is -2.06. The average molecular weight is 312 g/mol. The average Bonchev–Trinajstić information content (AvgIpc) is 2.39. The molecular formula is C15H15Cl2NO2. The standard InChI is InChI=1S/C15H15Cl2NO2/c16-11-8-12(17)10-13(9-11)19-6-3-7-20-15-5-2-1-4-14(15)18/h1-2,4-5,8-10H,3,6-7,18H2. The third-order valence-corrected chi connectivity index (χ3v) is 3.01. The second-order valence-electron chi connectivity index (χ2n) is 4.19. The summed E-state index contributed by atoms with van der Waals surface area (Å²) < 4.78 is 11.1. The first-order valence-electron chi connectivity index (χ1n) is 6.21. The molecule has 0 unspecified atom stereocenters. The Kier molecular flexibility index (Phi) is 5.39. The van der Waals surface area contributed by atoms with Crippen LogP contribution >= 0.6 is 23.2 Å². The van der Waals surface area contributed by atoms with Gasteiger partial charge in [0.15, 0.2) is 0 Å². The van der Waals surface area contributed by atoms with Gasteiger partial charge >= 0.3 is 0 Å². The van der Waals surface area contributed by atoms with Crippen LogP contribution in [0.1, 0.15) is 6.42 Å². The highest BCUT2D eigenvalue weighted by atomic mass is 35.5. The van der Waals surface area contributed by atoms with Crippen molar-refractivity contribution in [2.24, 2.45) is 0 Å². The van der Waals surface area contributed by atoms with E-state index >= 15 is 0 Å². The summed E-state index contributed by atoms with van der Waals surface area (Å²) in [4.78, 5) is 0. The van der Waals surface area contributed by atoms with Crippen molar-refractivity contribution < 1.29 is 9.47 Å². The first-order valence-corrected chi connectivity index (χ1v) is 6.97. The Bertz CT molecular complexity index is 555. The van der Waals surface area contributed by atoms with E-state index in [-0.39, 0.29) is 0 Å². The van der Waals surface area contributed by atoms with Crippen molar-refractivity contribution in [3.05, 3.63) is 52.5 Å². The minimum Gasteiger partial charge on any atom is -0.493 e. The van der Waals surface area contributed by atoms with Crippen LogP contribution in [0.2, 0.25) is 10.0 Å². The molecule has 5 heteroatoms. The van der Waals surface area contributed by atoms with Crippen molar-refractivity contribution in [1.82, 2.24) is 0 Å². The van der Waals surface area contributed by atoms with E-state index in [1.165, 1.54) is 0 Å². The van der Waals surface area contributed by atoms with E-state index < -0.39 is 0 Å². The van der Waals surface area contributed by atoms with Gasteiger partial charge in [0, 0.05) is 16.5 Å². The van der Waals surface area contributed by atoms with Crippen LogP contribution in [0.25, 0.3) is 0 Å². The fraction of sp³-hybridized carbons (Fsp3) is 0.200.